The van der Waals surface area contributed by atoms with Crippen molar-refractivity contribution in [1.29, 1.82) is 0 Å². The van der Waals surface area contributed by atoms with Gasteiger partial charge in [0.1, 0.15) is 5.78 Å². The quantitative estimate of drug-likeness (QED) is 0.755. The fourth-order valence-electron chi connectivity index (χ4n) is 2.67. The fourth-order valence-corrected chi connectivity index (χ4v) is 2.67. The molecule has 0 aromatic rings. The number of aliphatic hydroxyl groups is 1. The van der Waals surface area contributed by atoms with Crippen molar-refractivity contribution in [1.82, 2.24) is 0 Å². The Bertz CT molecular complexity index is 233. The summed E-state index contributed by atoms with van der Waals surface area (Å²) in [5.41, 5.74) is 0.288. The number of hydrogen-bond acceptors (Lipinski definition) is 2. The lowest BCUT2D eigenvalue weighted by Gasteiger charge is -2.32. The Kier molecular flexibility index (Phi) is 4.97. The molecular formula is C14H26O2. The maximum absolute atomic E-state index is 11.3. The Morgan fingerprint density at radius 1 is 1.44 bits per heavy atom. The number of carbonyl (C=O) groups is 1. The van der Waals surface area contributed by atoms with Crippen molar-refractivity contribution >= 4 is 5.78 Å². The molecule has 0 saturated heterocycles. The first-order valence-electron chi connectivity index (χ1n) is 6.58. The van der Waals surface area contributed by atoms with Gasteiger partial charge < -0.3 is 5.11 Å². The van der Waals surface area contributed by atoms with Crippen LogP contribution in [-0.4, -0.2) is 17.5 Å². The standard InChI is InChI=1S/C14H26O2/c1-11(7-9-15)6-8-14(2,3)12-4-5-13(16)10-12/h11-12,15H,4-10H2,1-3H3. The van der Waals surface area contributed by atoms with E-state index in [-0.39, 0.29) is 5.41 Å². The summed E-state index contributed by atoms with van der Waals surface area (Å²) in [6, 6.07) is 0. The molecule has 0 radical (unpaired) electrons. The molecule has 0 bridgehead atoms. The Morgan fingerprint density at radius 2 is 2.12 bits per heavy atom. The SMILES string of the molecule is CC(CCO)CCC(C)(C)C1CCC(=O)C1. The molecule has 2 atom stereocenters. The molecule has 1 aliphatic carbocycles. The number of ketones is 1. The van der Waals surface area contributed by atoms with Crippen LogP contribution in [-0.2, 0) is 4.79 Å². The van der Waals surface area contributed by atoms with E-state index in [2.05, 4.69) is 20.8 Å². The summed E-state index contributed by atoms with van der Waals surface area (Å²) >= 11 is 0. The minimum atomic E-state index is 0.288. The molecule has 1 N–H and O–H groups in total. The zero-order chi connectivity index (χ0) is 12.2. The average molecular weight is 226 g/mol. The van der Waals surface area contributed by atoms with E-state index in [1.807, 2.05) is 0 Å². The van der Waals surface area contributed by atoms with Crippen LogP contribution < -0.4 is 0 Å². The second kappa shape index (κ2) is 5.81. The van der Waals surface area contributed by atoms with Crippen molar-refractivity contribution in [2.45, 2.75) is 59.3 Å². The van der Waals surface area contributed by atoms with Gasteiger partial charge in [-0.2, -0.15) is 0 Å². The average Bonchev–Trinajstić information content (AvgIpc) is 2.63. The molecule has 16 heavy (non-hydrogen) atoms. The summed E-state index contributed by atoms with van der Waals surface area (Å²) in [5.74, 6) is 1.63. The van der Waals surface area contributed by atoms with Crippen LogP contribution in [0.4, 0.5) is 0 Å². The molecule has 0 aromatic heterocycles. The Morgan fingerprint density at radius 3 is 2.62 bits per heavy atom. The highest BCUT2D eigenvalue weighted by Gasteiger charge is 2.34. The molecule has 2 unspecified atom stereocenters. The van der Waals surface area contributed by atoms with Gasteiger partial charge in [-0.15, -0.1) is 0 Å². The molecule has 2 heteroatoms. The van der Waals surface area contributed by atoms with E-state index < -0.39 is 0 Å². The molecule has 2 nitrogen and oxygen atoms in total. The van der Waals surface area contributed by atoms with Crippen LogP contribution in [0, 0.1) is 17.3 Å². The van der Waals surface area contributed by atoms with E-state index in [9.17, 15) is 4.79 Å². The van der Waals surface area contributed by atoms with E-state index in [1.54, 1.807) is 0 Å². The highest BCUT2D eigenvalue weighted by atomic mass is 16.3. The molecule has 1 saturated carbocycles. The zero-order valence-electron chi connectivity index (χ0n) is 11.0. The van der Waals surface area contributed by atoms with Crippen LogP contribution in [0.2, 0.25) is 0 Å². The van der Waals surface area contributed by atoms with Crippen LogP contribution in [0.25, 0.3) is 0 Å². The maximum atomic E-state index is 11.3. The van der Waals surface area contributed by atoms with Gasteiger partial charge in [0.25, 0.3) is 0 Å². The van der Waals surface area contributed by atoms with Crippen molar-refractivity contribution in [3.05, 3.63) is 0 Å². The van der Waals surface area contributed by atoms with Crippen LogP contribution in [0.3, 0.4) is 0 Å². The van der Waals surface area contributed by atoms with Gasteiger partial charge in [-0.1, -0.05) is 27.2 Å². The number of rotatable bonds is 6. The highest BCUT2D eigenvalue weighted by molar-refractivity contribution is 5.80. The lowest BCUT2D eigenvalue weighted by molar-refractivity contribution is -0.117. The first-order chi connectivity index (χ1) is 7.45. The smallest absolute Gasteiger partial charge is 0.133 e. The second-order valence-corrected chi connectivity index (χ2v) is 6.12. The third-order valence-corrected chi connectivity index (χ3v) is 4.25. The summed E-state index contributed by atoms with van der Waals surface area (Å²) in [6.07, 6.45) is 5.91. The van der Waals surface area contributed by atoms with Gasteiger partial charge in [0.15, 0.2) is 0 Å². The van der Waals surface area contributed by atoms with Crippen LogP contribution >= 0.6 is 0 Å². The van der Waals surface area contributed by atoms with Crippen LogP contribution in [0.15, 0.2) is 0 Å². The van der Waals surface area contributed by atoms with Gasteiger partial charge in [0, 0.05) is 19.4 Å². The summed E-state index contributed by atoms with van der Waals surface area (Å²) in [7, 11) is 0. The molecule has 0 spiro atoms. The van der Waals surface area contributed by atoms with Gasteiger partial charge in [-0.3, -0.25) is 4.79 Å². The normalized spacial score (nSPS) is 23.8. The van der Waals surface area contributed by atoms with Crippen molar-refractivity contribution in [2.75, 3.05) is 6.61 Å². The second-order valence-electron chi connectivity index (χ2n) is 6.12. The molecular weight excluding hydrogens is 200 g/mol. The summed E-state index contributed by atoms with van der Waals surface area (Å²) in [6.45, 7) is 7.08. The fraction of sp³-hybridized carbons (Fsp3) is 0.929. The monoisotopic (exact) mass is 226 g/mol. The molecule has 0 aromatic carbocycles. The number of Topliss-reactive ketones (excluding diaryl/α,β-unsaturated/α-hetero) is 1. The molecule has 0 heterocycles. The van der Waals surface area contributed by atoms with E-state index >= 15 is 0 Å². The Labute approximate surface area is 99.4 Å². The van der Waals surface area contributed by atoms with Gasteiger partial charge in [-0.05, 0) is 36.5 Å². The van der Waals surface area contributed by atoms with Crippen molar-refractivity contribution in [3.8, 4) is 0 Å². The van der Waals surface area contributed by atoms with Gasteiger partial charge in [0.05, 0.1) is 0 Å². The Balaban J connectivity index is 2.36. The summed E-state index contributed by atoms with van der Waals surface area (Å²) in [4.78, 5) is 11.3. The van der Waals surface area contributed by atoms with E-state index in [0.29, 0.717) is 24.2 Å². The third kappa shape index (κ3) is 3.89. The predicted molar refractivity (Wildman–Crippen MR) is 66.2 cm³/mol. The largest absolute Gasteiger partial charge is 0.396 e. The molecule has 1 fully saturated rings. The van der Waals surface area contributed by atoms with Gasteiger partial charge in [0.2, 0.25) is 0 Å². The highest BCUT2D eigenvalue weighted by Crippen LogP contribution is 2.41. The van der Waals surface area contributed by atoms with E-state index in [4.69, 9.17) is 5.11 Å². The number of hydrogen-bond donors (Lipinski definition) is 1. The molecule has 1 aliphatic rings. The van der Waals surface area contributed by atoms with Crippen molar-refractivity contribution in [2.24, 2.45) is 17.3 Å². The van der Waals surface area contributed by atoms with Crippen LogP contribution in [0.1, 0.15) is 59.3 Å². The molecule has 1 rings (SSSR count). The first-order valence-corrected chi connectivity index (χ1v) is 6.58. The third-order valence-electron chi connectivity index (χ3n) is 4.25. The molecule has 94 valence electrons. The lowest BCUT2D eigenvalue weighted by atomic mass is 9.73. The van der Waals surface area contributed by atoms with Crippen LogP contribution in [0.5, 0.6) is 0 Å². The van der Waals surface area contributed by atoms with E-state index in [0.717, 1.165) is 32.1 Å². The summed E-state index contributed by atoms with van der Waals surface area (Å²) in [5, 5.41) is 8.87. The zero-order valence-corrected chi connectivity index (χ0v) is 11.0. The molecule has 0 aliphatic heterocycles. The van der Waals surface area contributed by atoms with Crippen molar-refractivity contribution < 1.29 is 9.90 Å². The maximum Gasteiger partial charge on any atom is 0.133 e. The minimum Gasteiger partial charge on any atom is -0.396 e. The predicted octanol–water partition coefficient (Wildman–Crippen LogP) is 3.18. The Hall–Kier alpha value is -0.370. The first kappa shape index (κ1) is 13.7. The van der Waals surface area contributed by atoms with Crippen molar-refractivity contribution in [3.63, 3.8) is 0 Å². The van der Waals surface area contributed by atoms with Gasteiger partial charge in [-0.25, -0.2) is 0 Å². The van der Waals surface area contributed by atoms with Gasteiger partial charge >= 0.3 is 0 Å². The van der Waals surface area contributed by atoms with E-state index in [1.165, 1.54) is 6.42 Å². The number of carbonyl (C=O) groups excluding carboxylic acids is 1. The topological polar surface area (TPSA) is 37.3 Å². The molecule has 0 amide bonds. The lowest BCUT2D eigenvalue weighted by Crippen LogP contribution is -2.23. The summed E-state index contributed by atoms with van der Waals surface area (Å²) < 4.78 is 0. The minimum absolute atomic E-state index is 0.288. The number of aliphatic hydroxyl groups excluding tert-OH is 1.